The summed E-state index contributed by atoms with van der Waals surface area (Å²) in [6.07, 6.45) is 1.68. The van der Waals surface area contributed by atoms with Gasteiger partial charge in [0.05, 0.1) is 21.3 Å². The van der Waals surface area contributed by atoms with Crippen LogP contribution < -0.4 is 19.5 Å². The topological polar surface area (TPSA) is 69.2 Å². The maximum Gasteiger partial charge on any atom is 0.275 e. The summed E-state index contributed by atoms with van der Waals surface area (Å²) in [6, 6.07) is 12.8. The van der Waals surface area contributed by atoms with Crippen LogP contribution in [0.5, 0.6) is 17.2 Å². The fourth-order valence-corrected chi connectivity index (χ4v) is 2.60. The van der Waals surface area contributed by atoms with E-state index in [-0.39, 0.29) is 11.6 Å². The Balaban J connectivity index is 2.06. The monoisotopic (exact) mass is 338 g/mol. The van der Waals surface area contributed by atoms with E-state index in [4.69, 9.17) is 14.2 Å². The van der Waals surface area contributed by atoms with Gasteiger partial charge in [0.25, 0.3) is 5.91 Å². The Bertz CT molecular complexity index is 849. The summed E-state index contributed by atoms with van der Waals surface area (Å²) in [6.45, 7) is 0. The highest BCUT2D eigenvalue weighted by molar-refractivity contribution is 6.21. The average Bonchev–Trinajstić information content (AvgIpc) is 3.01. The molecule has 2 aromatic rings. The number of rotatable bonds is 5. The fourth-order valence-electron chi connectivity index (χ4n) is 2.60. The lowest BCUT2D eigenvalue weighted by Gasteiger charge is -2.12. The van der Waals surface area contributed by atoms with Gasteiger partial charge in [0.2, 0.25) is 0 Å². The Kier molecular flexibility index (Phi) is 4.70. The number of ether oxygens (including phenoxy) is 3. The summed E-state index contributed by atoms with van der Waals surface area (Å²) in [5.74, 6) is 1.89. The molecule has 1 aliphatic heterocycles. The highest BCUT2D eigenvalue weighted by Crippen LogP contribution is 2.31. The van der Waals surface area contributed by atoms with Gasteiger partial charge in [-0.25, -0.2) is 4.99 Å². The number of hydrogen-bond acceptors (Lipinski definition) is 5. The Morgan fingerprint density at radius 1 is 0.880 bits per heavy atom. The molecular weight excluding hydrogens is 320 g/mol. The van der Waals surface area contributed by atoms with Crippen LogP contribution in [0.2, 0.25) is 0 Å². The van der Waals surface area contributed by atoms with Gasteiger partial charge in [0.15, 0.2) is 0 Å². The minimum absolute atomic E-state index is 0.285. The van der Waals surface area contributed by atoms with Crippen LogP contribution in [-0.2, 0) is 4.79 Å². The fraction of sp³-hybridized carbons (Fsp3) is 0.158. The number of carbonyl (C=O) groups is 1. The highest BCUT2D eigenvalue weighted by Gasteiger charge is 2.26. The van der Waals surface area contributed by atoms with E-state index in [1.165, 1.54) is 0 Å². The second-order valence-corrected chi connectivity index (χ2v) is 5.22. The second-order valence-electron chi connectivity index (χ2n) is 5.22. The van der Waals surface area contributed by atoms with E-state index in [0.29, 0.717) is 28.6 Å². The van der Waals surface area contributed by atoms with Gasteiger partial charge in [-0.3, -0.25) is 4.79 Å². The first kappa shape index (κ1) is 16.6. The van der Waals surface area contributed by atoms with Gasteiger partial charge in [-0.2, -0.15) is 0 Å². The van der Waals surface area contributed by atoms with E-state index in [2.05, 4.69) is 10.3 Å². The van der Waals surface area contributed by atoms with Crippen LogP contribution in [0.25, 0.3) is 6.08 Å². The van der Waals surface area contributed by atoms with Gasteiger partial charge in [-0.05, 0) is 24.3 Å². The van der Waals surface area contributed by atoms with Crippen molar-refractivity contribution >= 4 is 17.8 Å². The first-order valence-electron chi connectivity index (χ1n) is 7.64. The number of hydrogen-bond donors (Lipinski definition) is 1. The highest BCUT2D eigenvalue weighted by atomic mass is 16.5. The molecule has 0 spiro atoms. The molecule has 0 radical (unpaired) electrons. The Morgan fingerprint density at radius 3 is 2.12 bits per heavy atom. The first-order valence-corrected chi connectivity index (χ1v) is 7.64. The zero-order chi connectivity index (χ0) is 17.8. The van der Waals surface area contributed by atoms with Crippen LogP contribution in [0.15, 0.2) is 53.2 Å². The quantitative estimate of drug-likeness (QED) is 0.851. The van der Waals surface area contributed by atoms with Crippen molar-refractivity contribution in [1.29, 1.82) is 0 Å². The first-order chi connectivity index (χ1) is 12.2. The van der Waals surface area contributed by atoms with Crippen LogP contribution in [0.3, 0.4) is 0 Å². The van der Waals surface area contributed by atoms with Crippen LogP contribution in [0.4, 0.5) is 0 Å². The third kappa shape index (κ3) is 3.19. The van der Waals surface area contributed by atoms with Crippen molar-refractivity contribution in [1.82, 2.24) is 5.32 Å². The number of nitrogens with one attached hydrogen (secondary N) is 1. The molecule has 0 atom stereocenters. The standard InChI is InChI=1S/C19H18N2O4/c1-23-14-8-5-4-7-12(14)11-13-19(22)21-18(20-13)17-15(24-2)9-6-10-16(17)25-3/h4-11H,1-3H3,(H,20,21,22)/b13-11-. The number of amidine groups is 1. The molecule has 1 N–H and O–H groups in total. The van der Waals surface area contributed by atoms with Crippen molar-refractivity contribution in [3.63, 3.8) is 0 Å². The molecule has 0 fully saturated rings. The molecule has 0 unspecified atom stereocenters. The molecule has 0 aliphatic carbocycles. The Labute approximate surface area is 145 Å². The number of amides is 1. The van der Waals surface area contributed by atoms with Gasteiger partial charge in [0, 0.05) is 5.56 Å². The number of para-hydroxylation sites is 1. The van der Waals surface area contributed by atoms with E-state index in [9.17, 15) is 4.79 Å². The van der Waals surface area contributed by atoms with Crippen molar-refractivity contribution in [2.45, 2.75) is 0 Å². The molecule has 6 nitrogen and oxygen atoms in total. The zero-order valence-corrected chi connectivity index (χ0v) is 14.2. The van der Waals surface area contributed by atoms with Crippen LogP contribution in [0.1, 0.15) is 11.1 Å². The average molecular weight is 338 g/mol. The van der Waals surface area contributed by atoms with Crippen molar-refractivity contribution < 1.29 is 19.0 Å². The number of methoxy groups -OCH3 is 3. The zero-order valence-electron chi connectivity index (χ0n) is 14.2. The minimum Gasteiger partial charge on any atom is -0.496 e. The molecule has 0 saturated carbocycles. The molecule has 2 aromatic carbocycles. The number of benzene rings is 2. The summed E-state index contributed by atoms with van der Waals surface area (Å²) in [5.41, 5.74) is 1.66. The number of nitrogens with zero attached hydrogens (tertiary/aromatic N) is 1. The van der Waals surface area contributed by atoms with Gasteiger partial charge in [-0.15, -0.1) is 0 Å². The van der Waals surface area contributed by atoms with Crippen molar-refractivity contribution in [2.24, 2.45) is 4.99 Å². The van der Waals surface area contributed by atoms with Crippen LogP contribution >= 0.6 is 0 Å². The lowest BCUT2D eigenvalue weighted by Crippen LogP contribution is -2.25. The number of aliphatic imine (C=N–C) groups is 1. The summed E-state index contributed by atoms with van der Waals surface area (Å²) in [7, 11) is 4.70. The van der Waals surface area contributed by atoms with Crippen molar-refractivity contribution in [3.05, 3.63) is 59.3 Å². The molecule has 25 heavy (non-hydrogen) atoms. The summed E-state index contributed by atoms with van der Waals surface area (Å²) >= 11 is 0. The van der Waals surface area contributed by atoms with E-state index < -0.39 is 0 Å². The molecule has 6 heteroatoms. The summed E-state index contributed by atoms with van der Waals surface area (Å²) in [4.78, 5) is 16.8. The normalized spacial score (nSPS) is 14.9. The summed E-state index contributed by atoms with van der Waals surface area (Å²) < 4.78 is 16.1. The lowest BCUT2D eigenvalue weighted by molar-refractivity contribution is -0.115. The van der Waals surface area contributed by atoms with E-state index >= 15 is 0 Å². The maximum atomic E-state index is 12.3. The number of carbonyl (C=O) groups excluding carboxylic acids is 1. The molecule has 0 bridgehead atoms. The smallest absolute Gasteiger partial charge is 0.275 e. The molecule has 128 valence electrons. The SMILES string of the molecule is COc1ccccc1/C=C1\N=C(c2c(OC)cccc2OC)NC1=O. The maximum absolute atomic E-state index is 12.3. The molecule has 0 aromatic heterocycles. The molecule has 3 rings (SSSR count). The Hall–Kier alpha value is -3.28. The van der Waals surface area contributed by atoms with Crippen molar-refractivity contribution in [2.75, 3.05) is 21.3 Å². The largest absolute Gasteiger partial charge is 0.496 e. The van der Waals surface area contributed by atoms with Crippen LogP contribution in [0, 0.1) is 0 Å². The molecule has 1 heterocycles. The van der Waals surface area contributed by atoms with Crippen LogP contribution in [-0.4, -0.2) is 33.1 Å². The van der Waals surface area contributed by atoms with E-state index in [1.54, 1.807) is 39.5 Å². The van der Waals surface area contributed by atoms with Gasteiger partial charge >= 0.3 is 0 Å². The molecule has 0 saturated heterocycles. The predicted molar refractivity (Wildman–Crippen MR) is 95.2 cm³/mol. The summed E-state index contributed by atoms with van der Waals surface area (Å²) in [5, 5.41) is 2.77. The van der Waals surface area contributed by atoms with Crippen molar-refractivity contribution in [3.8, 4) is 17.2 Å². The van der Waals surface area contributed by atoms with Gasteiger partial charge in [0.1, 0.15) is 34.3 Å². The third-order valence-corrected chi connectivity index (χ3v) is 3.79. The van der Waals surface area contributed by atoms with E-state index in [1.807, 2.05) is 30.3 Å². The van der Waals surface area contributed by atoms with Gasteiger partial charge in [-0.1, -0.05) is 24.3 Å². The molecule has 1 aliphatic rings. The van der Waals surface area contributed by atoms with E-state index in [0.717, 1.165) is 5.56 Å². The molecule has 1 amide bonds. The molecular formula is C19H18N2O4. The second kappa shape index (κ2) is 7.09. The van der Waals surface area contributed by atoms with Gasteiger partial charge < -0.3 is 19.5 Å². The lowest BCUT2D eigenvalue weighted by atomic mass is 10.1. The minimum atomic E-state index is -0.297. The predicted octanol–water partition coefficient (Wildman–Crippen LogP) is 2.63. The Morgan fingerprint density at radius 2 is 1.48 bits per heavy atom. The third-order valence-electron chi connectivity index (χ3n) is 3.79.